The van der Waals surface area contributed by atoms with Crippen molar-refractivity contribution in [2.45, 2.75) is 32.7 Å². The van der Waals surface area contributed by atoms with Gasteiger partial charge in [0.05, 0.1) is 11.3 Å². The lowest BCUT2D eigenvalue weighted by molar-refractivity contribution is 0.0686. The molecule has 1 fully saturated rings. The van der Waals surface area contributed by atoms with Crippen molar-refractivity contribution in [1.82, 2.24) is 14.5 Å². The zero-order chi connectivity index (χ0) is 18.8. The molecule has 0 saturated carbocycles. The molecular weight excluding hydrogens is 358 g/mol. The predicted molar refractivity (Wildman–Crippen MR) is 98.5 cm³/mol. The molecule has 0 spiro atoms. The van der Waals surface area contributed by atoms with Gasteiger partial charge in [0.15, 0.2) is 0 Å². The van der Waals surface area contributed by atoms with E-state index in [1.54, 1.807) is 25.1 Å². The summed E-state index contributed by atoms with van der Waals surface area (Å²) in [4.78, 5) is 41.5. The zero-order valence-corrected chi connectivity index (χ0v) is 15.2. The van der Waals surface area contributed by atoms with Gasteiger partial charge in [-0.3, -0.25) is 9.69 Å². The minimum atomic E-state index is -1.31. The second-order valence-corrected chi connectivity index (χ2v) is 6.93. The number of aryl methyl sites for hydroxylation is 1. The van der Waals surface area contributed by atoms with Gasteiger partial charge in [0.2, 0.25) is 0 Å². The van der Waals surface area contributed by atoms with E-state index >= 15 is 0 Å². The molecule has 0 aliphatic carbocycles. The number of benzene rings is 1. The van der Waals surface area contributed by atoms with Gasteiger partial charge in [-0.1, -0.05) is 18.0 Å². The average molecular weight is 378 g/mol. The highest BCUT2D eigenvalue weighted by atomic mass is 35.5. The number of piperidine rings is 1. The Morgan fingerprint density at radius 2 is 1.92 bits per heavy atom. The summed E-state index contributed by atoms with van der Waals surface area (Å²) in [6, 6.07) is 4.82. The number of aromatic amines is 1. The van der Waals surface area contributed by atoms with E-state index in [1.165, 1.54) is 0 Å². The van der Waals surface area contributed by atoms with Gasteiger partial charge in [0.25, 0.3) is 5.56 Å². The monoisotopic (exact) mass is 377 g/mol. The molecule has 1 aliphatic rings. The number of hydrogen-bond donors (Lipinski definition) is 2. The van der Waals surface area contributed by atoms with E-state index in [4.69, 9.17) is 11.6 Å². The summed E-state index contributed by atoms with van der Waals surface area (Å²) in [5.41, 5.74) is -0.598. The highest BCUT2D eigenvalue weighted by Gasteiger charge is 2.23. The normalized spacial score (nSPS) is 15.2. The number of likely N-dealkylation sites (tertiary alicyclic amines) is 1. The Labute approximate surface area is 154 Å². The Kier molecular flexibility index (Phi) is 5.29. The van der Waals surface area contributed by atoms with E-state index in [-0.39, 0.29) is 17.8 Å². The summed E-state index contributed by atoms with van der Waals surface area (Å²) >= 11 is 5.95. The van der Waals surface area contributed by atoms with Crippen molar-refractivity contribution in [2.24, 2.45) is 0 Å². The Balaban J connectivity index is 2.17. The Morgan fingerprint density at radius 3 is 2.54 bits per heavy atom. The molecule has 2 heterocycles. The van der Waals surface area contributed by atoms with Gasteiger partial charge in [-0.15, -0.1) is 0 Å². The highest BCUT2D eigenvalue weighted by molar-refractivity contribution is 6.30. The molecule has 0 unspecified atom stereocenters. The molecule has 1 aromatic carbocycles. The van der Waals surface area contributed by atoms with E-state index < -0.39 is 17.2 Å². The number of carboxylic acids is 1. The fourth-order valence-electron chi connectivity index (χ4n) is 3.33. The fourth-order valence-corrected chi connectivity index (χ4v) is 3.56. The van der Waals surface area contributed by atoms with E-state index in [1.807, 2.05) is 4.90 Å². The maximum absolute atomic E-state index is 13.0. The van der Waals surface area contributed by atoms with Crippen LogP contribution in [0.15, 0.2) is 27.8 Å². The second kappa shape index (κ2) is 7.47. The van der Waals surface area contributed by atoms with Crippen LogP contribution in [0.4, 0.5) is 0 Å². The second-order valence-electron chi connectivity index (χ2n) is 6.50. The first-order valence-electron chi connectivity index (χ1n) is 8.49. The summed E-state index contributed by atoms with van der Waals surface area (Å²) in [6.45, 7) is 3.54. The maximum Gasteiger partial charge on any atom is 0.352 e. The molecule has 7 nitrogen and oxygen atoms in total. The van der Waals surface area contributed by atoms with Crippen molar-refractivity contribution in [3.05, 3.63) is 60.9 Å². The van der Waals surface area contributed by atoms with Crippen LogP contribution in [-0.2, 0) is 6.54 Å². The number of H-pyrrole nitrogens is 1. The van der Waals surface area contributed by atoms with Gasteiger partial charge in [0.1, 0.15) is 5.69 Å². The van der Waals surface area contributed by atoms with Crippen LogP contribution in [0.25, 0.3) is 5.69 Å². The number of nitrogens with zero attached hydrogens (tertiary/aromatic N) is 2. The number of carbonyl (C=O) groups is 1. The van der Waals surface area contributed by atoms with Gasteiger partial charge in [-0.25, -0.2) is 14.2 Å². The molecule has 1 saturated heterocycles. The number of hydrogen-bond acceptors (Lipinski definition) is 4. The first-order valence-corrected chi connectivity index (χ1v) is 8.86. The van der Waals surface area contributed by atoms with Crippen LogP contribution in [-0.4, -0.2) is 38.6 Å². The van der Waals surface area contributed by atoms with E-state index in [9.17, 15) is 19.5 Å². The van der Waals surface area contributed by atoms with Gasteiger partial charge in [0, 0.05) is 11.6 Å². The molecule has 1 aliphatic heterocycles. The van der Waals surface area contributed by atoms with Crippen LogP contribution in [0.5, 0.6) is 0 Å². The van der Waals surface area contributed by atoms with E-state index in [2.05, 4.69) is 4.98 Å². The number of nitrogens with one attached hydrogen (secondary N) is 1. The summed E-state index contributed by atoms with van der Waals surface area (Å²) in [7, 11) is 0. The smallest absolute Gasteiger partial charge is 0.352 e. The summed E-state index contributed by atoms with van der Waals surface area (Å²) in [5, 5.41) is 9.93. The number of aromatic nitrogens is 2. The van der Waals surface area contributed by atoms with Crippen molar-refractivity contribution in [2.75, 3.05) is 13.1 Å². The molecule has 3 rings (SSSR count). The van der Waals surface area contributed by atoms with Crippen molar-refractivity contribution >= 4 is 17.6 Å². The van der Waals surface area contributed by atoms with Crippen molar-refractivity contribution in [3.8, 4) is 5.69 Å². The SMILES string of the molecule is Cc1cc(Cl)ccc1-n1c(=O)[nH]c(C(=O)O)c(CN2CCCCC2)c1=O. The molecule has 0 radical (unpaired) electrons. The molecule has 138 valence electrons. The third-order valence-electron chi connectivity index (χ3n) is 4.64. The standard InChI is InChI=1S/C18H20ClN3O4/c1-11-9-12(19)5-6-14(11)22-16(23)13(10-21-7-3-2-4-8-21)15(17(24)25)20-18(22)26/h5-6,9H,2-4,7-8,10H2,1H3,(H,20,26)(H,24,25). The van der Waals surface area contributed by atoms with Gasteiger partial charge >= 0.3 is 11.7 Å². The lowest BCUT2D eigenvalue weighted by Crippen LogP contribution is -2.41. The van der Waals surface area contributed by atoms with Crippen molar-refractivity contribution in [3.63, 3.8) is 0 Å². The lowest BCUT2D eigenvalue weighted by Gasteiger charge is -2.26. The van der Waals surface area contributed by atoms with Crippen molar-refractivity contribution < 1.29 is 9.90 Å². The Morgan fingerprint density at radius 1 is 1.23 bits per heavy atom. The number of carboxylic acid groups (broad SMARTS) is 1. The minimum absolute atomic E-state index is 0.0911. The summed E-state index contributed by atoms with van der Waals surface area (Å²) in [6.07, 6.45) is 3.15. The Hall–Kier alpha value is -2.38. The molecule has 8 heteroatoms. The fraction of sp³-hybridized carbons (Fsp3) is 0.389. The molecule has 2 aromatic rings. The Bertz CT molecular complexity index is 958. The first-order chi connectivity index (χ1) is 12.4. The van der Waals surface area contributed by atoms with E-state index in [0.29, 0.717) is 16.3 Å². The quantitative estimate of drug-likeness (QED) is 0.851. The molecule has 0 atom stereocenters. The van der Waals surface area contributed by atoms with Gasteiger partial charge < -0.3 is 10.1 Å². The van der Waals surface area contributed by atoms with Crippen molar-refractivity contribution in [1.29, 1.82) is 0 Å². The molecule has 0 amide bonds. The third kappa shape index (κ3) is 3.59. The topological polar surface area (TPSA) is 95.4 Å². The van der Waals surface area contributed by atoms with Crippen LogP contribution < -0.4 is 11.2 Å². The van der Waals surface area contributed by atoms with Gasteiger partial charge in [-0.2, -0.15) is 0 Å². The largest absolute Gasteiger partial charge is 0.477 e. The van der Waals surface area contributed by atoms with Crippen LogP contribution in [0, 0.1) is 6.92 Å². The average Bonchev–Trinajstić information content (AvgIpc) is 2.59. The summed E-state index contributed by atoms with van der Waals surface area (Å²) < 4.78 is 0.984. The lowest BCUT2D eigenvalue weighted by atomic mass is 10.1. The first kappa shape index (κ1) is 18.4. The minimum Gasteiger partial charge on any atom is -0.477 e. The molecular formula is C18H20ClN3O4. The number of halogens is 1. The highest BCUT2D eigenvalue weighted by Crippen LogP contribution is 2.18. The molecule has 1 aromatic heterocycles. The van der Waals surface area contributed by atoms with Crippen LogP contribution >= 0.6 is 11.6 Å². The maximum atomic E-state index is 13.0. The number of rotatable bonds is 4. The van der Waals surface area contributed by atoms with Crippen LogP contribution in [0.2, 0.25) is 5.02 Å². The third-order valence-corrected chi connectivity index (χ3v) is 4.88. The summed E-state index contributed by atoms with van der Waals surface area (Å²) in [5.74, 6) is -1.31. The van der Waals surface area contributed by atoms with Gasteiger partial charge in [-0.05, 0) is 56.6 Å². The predicted octanol–water partition coefficient (Wildman–Crippen LogP) is 2.17. The molecule has 26 heavy (non-hydrogen) atoms. The van der Waals surface area contributed by atoms with Crippen LogP contribution in [0.1, 0.15) is 40.9 Å². The molecule has 2 N–H and O–H groups in total. The zero-order valence-electron chi connectivity index (χ0n) is 14.4. The van der Waals surface area contributed by atoms with E-state index in [0.717, 1.165) is 36.9 Å². The van der Waals surface area contributed by atoms with Crippen LogP contribution in [0.3, 0.4) is 0 Å². The number of aromatic carboxylic acids is 1. The molecule has 0 bridgehead atoms.